The van der Waals surface area contributed by atoms with E-state index in [0.717, 1.165) is 50.7 Å². The number of piperazine rings is 1. The molecule has 1 aliphatic rings. The minimum atomic E-state index is -0.409. The van der Waals surface area contributed by atoms with E-state index >= 15 is 0 Å². The molecule has 30 heavy (non-hydrogen) atoms. The maximum atomic E-state index is 11.4. The summed E-state index contributed by atoms with van der Waals surface area (Å²) in [6, 6.07) is 18.6. The summed E-state index contributed by atoms with van der Waals surface area (Å²) in [6.45, 7) is 9.59. The normalized spacial score (nSPS) is 16.3. The Balaban J connectivity index is 1.64. The molecule has 1 atom stereocenters. The molecular weight excluding hydrogens is 374 g/mol. The van der Waals surface area contributed by atoms with Crippen molar-refractivity contribution in [3.63, 3.8) is 0 Å². The van der Waals surface area contributed by atoms with Crippen molar-refractivity contribution in [2.75, 3.05) is 32.7 Å². The van der Waals surface area contributed by atoms with E-state index in [-0.39, 0.29) is 0 Å². The largest absolute Gasteiger partial charge is 0.366 e. The summed E-state index contributed by atoms with van der Waals surface area (Å²) in [5.41, 5.74) is 8.29. The van der Waals surface area contributed by atoms with E-state index in [9.17, 15) is 4.79 Å². The molecule has 160 valence electrons. The van der Waals surface area contributed by atoms with Crippen LogP contribution in [-0.4, -0.2) is 54.4 Å². The number of guanidine groups is 1. The molecule has 0 radical (unpaired) electrons. The molecule has 1 aliphatic heterocycles. The fourth-order valence-electron chi connectivity index (χ4n) is 4.04. The minimum Gasteiger partial charge on any atom is -0.366 e. The molecular formula is C24H33N5O. The van der Waals surface area contributed by atoms with Crippen LogP contribution in [0.15, 0.2) is 59.6 Å². The number of aliphatic imine (C=N–C) groups is 1. The van der Waals surface area contributed by atoms with E-state index in [2.05, 4.69) is 59.3 Å². The third kappa shape index (κ3) is 5.60. The van der Waals surface area contributed by atoms with Crippen LogP contribution < -0.4 is 11.1 Å². The first-order valence-corrected chi connectivity index (χ1v) is 10.8. The monoisotopic (exact) mass is 407 g/mol. The number of benzene rings is 2. The summed E-state index contributed by atoms with van der Waals surface area (Å²) < 4.78 is 0. The summed E-state index contributed by atoms with van der Waals surface area (Å²) in [6.07, 6.45) is 1.11. The van der Waals surface area contributed by atoms with E-state index in [4.69, 9.17) is 10.7 Å². The highest BCUT2D eigenvalue weighted by atomic mass is 16.1. The van der Waals surface area contributed by atoms with Gasteiger partial charge in [-0.25, -0.2) is 4.99 Å². The molecule has 1 fully saturated rings. The van der Waals surface area contributed by atoms with Gasteiger partial charge in [-0.2, -0.15) is 0 Å². The van der Waals surface area contributed by atoms with E-state index in [1.165, 1.54) is 5.56 Å². The standard InChI is InChI=1S/C24H33N5O/c1-3-22(20-10-6-5-7-11-20)28-13-15-29(16-14-28)24(26-4-2)27-18-19-9-8-12-21(17-19)23(25)30/h5-12,17,22H,3-4,13-16,18H2,1-2H3,(H2,25,30)(H,26,27). The van der Waals surface area contributed by atoms with Crippen LogP contribution in [0, 0.1) is 0 Å². The number of nitrogens with two attached hydrogens (primary N) is 1. The number of hydrogen-bond acceptors (Lipinski definition) is 3. The Bertz CT molecular complexity index is 844. The van der Waals surface area contributed by atoms with Crippen molar-refractivity contribution in [1.82, 2.24) is 15.1 Å². The van der Waals surface area contributed by atoms with Crippen LogP contribution in [0.5, 0.6) is 0 Å². The van der Waals surface area contributed by atoms with Gasteiger partial charge in [0, 0.05) is 44.3 Å². The quantitative estimate of drug-likeness (QED) is 0.547. The lowest BCUT2D eigenvalue weighted by Crippen LogP contribution is -2.53. The Labute approximate surface area is 179 Å². The lowest BCUT2D eigenvalue weighted by atomic mass is 10.0. The molecule has 2 aromatic rings. The van der Waals surface area contributed by atoms with Crippen molar-refractivity contribution in [2.45, 2.75) is 32.9 Å². The summed E-state index contributed by atoms with van der Waals surface area (Å²) in [5, 5.41) is 3.42. The van der Waals surface area contributed by atoms with Gasteiger partial charge in [-0.3, -0.25) is 9.69 Å². The lowest BCUT2D eigenvalue weighted by molar-refractivity contribution is 0.1000. The highest BCUT2D eigenvalue weighted by Gasteiger charge is 2.25. The maximum absolute atomic E-state index is 11.4. The topological polar surface area (TPSA) is 74.0 Å². The Hall–Kier alpha value is -2.86. The van der Waals surface area contributed by atoms with Gasteiger partial charge in [0.05, 0.1) is 6.54 Å². The molecule has 6 heteroatoms. The number of amides is 1. The van der Waals surface area contributed by atoms with Crippen LogP contribution in [0.1, 0.15) is 47.8 Å². The third-order valence-corrected chi connectivity index (χ3v) is 5.58. The number of carbonyl (C=O) groups excluding carboxylic acids is 1. The number of rotatable bonds is 7. The molecule has 1 saturated heterocycles. The zero-order chi connectivity index (χ0) is 21.3. The number of carbonyl (C=O) groups is 1. The Morgan fingerprint density at radius 2 is 1.80 bits per heavy atom. The molecule has 0 saturated carbocycles. The first-order valence-electron chi connectivity index (χ1n) is 10.8. The van der Waals surface area contributed by atoms with Crippen LogP contribution in [-0.2, 0) is 6.54 Å². The van der Waals surface area contributed by atoms with Gasteiger partial charge in [-0.15, -0.1) is 0 Å². The van der Waals surface area contributed by atoms with Gasteiger partial charge in [0.15, 0.2) is 5.96 Å². The average Bonchev–Trinajstić information content (AvgIpc) is 2.78. The second kappa shape index (κ2) is 10.8. The number of primary amides is 1. The van der Waals surface area contributed by atoms with Gasteiger partial charge in [0.1, 0.15) is 0 Å². The predicted molar refractivity (Wildman–Crippen MR) is 122 cm³/mol. The second-order valence-electron chi connectivity index (χ2n) is 7.59. The molecule has 1 heterocycles. The lowest BCUT2D eigenvalue weighted by Gasteiger charge is -2.40. The summed E-state index contributed by atoms with van der Waals surface area (Å²) >= 11 is 0. The molecule has 0 spiro atoms. The van der Waals surface area contributed by atoms with Gasteiger partial charge >= 0.3 is 0 Å². The van der Waals surface area contributed by atoms with Crippen molar-refractivity contribution in [3.8, 4) is 0 Å². The minimum absolute atomic E-state index is 0.409. The highest BCUT2D eigenvalue weighted by molar-refractivity contribution is 5.92. The molecule has 1 amide bonds. The first-order chi connectivity index (χ1) is 14.6. The molecule has 0 bridgehead atoms. The van der Waals surface area contributed by atoms with Crippen molar-refractivity contribution < 1.29 is 4.79 Å². The number of nitrogens with zero attached hydrogens (tertiary/aromatic N) is 3. The van der Waals surface area contributed by atoms with Gasteiger partial charge < -0.3 is 16.0 Å². The van der Waals surface area contributed by atoms with Gasteiger partial charge in [0.25, 0.3) is 0 Å². The van der Waals surface area contributed by atoms with E-state index < -0.39 is 5.91 Å². The molecule has 0 aliphatic carbocycles. The SMILES string of the molecule is CCNC(=NCc1cccc(C(N)=O)c1)N1CCN(C(CC)c2ccccc2)CC1. The van der Waals surface area contributed by atoms with E-state index in [1.807, 2.05) is 18.2 Å². The number of nitrogens with one attached hydrogen (secondary N) is 1. The van der Waals surface area contributed by atoms with Crippen molar-refractivity contribution in [3.05, 3.63) is 71.3 Å². The summed E-state index contributed by atoms with van der Waals surface area (Å²) in [7, 11) is 0. The molecule has 0 aromatic heterocycles. The zero-order valence-corrected chi connectivity index (χ0v) is 18.1. The first kappa shape index (κ1) is 21.8. The highest BCUT2D eigenvalue weighted by Crippen LogP contribution is 2.25. The number of hydrogen-bond donors (Lipinski definition) is 2. The molecule has 2 aromatic carbocycles. The van der Waals surface area contributed by atoms with Crippen LogP contribution >= 0.6 is 0 Å². The second-order valence-corrected chi connectivity index (χ2v) is 7.59. The van der Waals surface area contributed by atoms with E-state index in [1.54, 1.807) is 6.07 Å². The summed E-state index contributed by atoms with van der Waals surface area (Å²) in [4.78, 5) is 21.1. The molecule has 3 rings (SSSR count). The van der Waals surface area contributed by atoms with Gasteiger partial charge in [0.2, 0.25) is 5.91 Å². The fourth-order valence-corrected chi connectivity index (χ4v) is 4.04. The van der Waals surface area contributed by atoms with Gasteiger partial charge in [-0.1, -0.05) is 49.4 Å². The average molecular weight is 408 g/mol. The molecule has 6 nitrogen and oxygen atoms in total. The molecule has 3 N–H and O–H groups in total. The van der Waals surface area contributed by atoms with E-state index in [0.29, 0.717) is 18.2 Å². The van der Waals surface area contributed by atoms with Crippen molar-refractivity contribution in [2.24, 2.45) is 10.7 Å². The Kier molecular flexibility index (Phi) is 7.85. The zero-order valence-electron chi connectivity index (χ0n) is 18.1. The van der Waals surface area contributed by atoms with Crippen LogP contribution in [0.2, 0.25) is 0 Å². The smallest absolute Gasteiger partial charge is 0.248 e. The van der Waals surface area contributed by atoms with Crippen LogP contribution in [0.4, 0.5) is 0 Å². The Morgan fingerprint density at radius 3 is 2.43 bits per heavy atom. The van der Waals surface area contributed by atoms with Crippen molar-refractivity contribution in [1.29, 1.82) is 0 Å². The fraction of sp³-hybridized carbons (Fsp3) is 0.417. The van der Waals surface area contributed by atoms with Crippen molar-refractivity contribution >= 4 is 11.9 Å². The van der Waals surface area contributed by atoms with Gasteiger partial charge in [-0.05, 0) is 36.6 Å². The molecule has 1 unspecified atom stereocenters. The predicted octanol–water partition coefficient (Wildman–Crippen LogP) is 3.02. The van der Waals surface area contributed by atoms with Crippen LogP contribution in [0.25, 0.3) is 0 Å². The maximum Gasteiger partial charge on any atom is 0.248 e. The Morgan fingerprint density at radius 1 is 1.07 bits per heavy atom. The summed E-state index contributed by atoms with van der Waals surface area (Å²) in [5.74, 6) is 0.516. The van der Waals surface area contributed by atoms with Crippen LogP contribution in [0.3, 0.4) is 0 Å². The third-order valence-electron chi connectivity index (χ3n) is 5.58.